The first-order valence-electron chi connectivity index (χ1n) is 9.08. The second-order valence-electron chi connectivity index (χ2n) is 6.45. The lowest BCUT2D eigenvalue weighted by Gasteiger charge is -2.36. The van der Waals surface area contributed by atoms with Gasteiger partial charge in [0.25, 0.3) is 0 Å². The number of carbonyl (C=O) groups is 1. The molecule has 1 heterocycles. The smallest absolute Gasteiger partial charge is 0.387 e. The Bertz CT molecular complexity index is 761. The number of ether oxygens (including phenoxy) is 1. The van der Waals surface area contributed by atoms with E-state index in [-0.39, 0.29) is 17.6 Å². The van der Waals surface area contributed by atoms with Gasteiger partial charge in [-0.2, -0.15) is 8.78 Å². The van der Waals surface area contributed by atoms with Crippen LogP contribution in [-0.2, 0) is 6.42 Å². The van der Waals surface area contributed by atoms with Gasteiger partial charge in [0.2, 0.25) is 0 Å². The Morgan fingerprint density at radius 2 is 1.64 bits per heavy atom. The second kappa shape index (κ2) is 9.34. The van der Waals surface area contributed by atoms with Gasteiger partial charge in [0.05, 0.1) is 0 Å². The molecule has 5 nitrogen and oxygen atoms in total. The van der Waals surface area contributed by atoms with Crippen LogP contribution in [0.3, 0.4) is 0 Å². The average Bonchev–Trinajstić information content (AvgIpc) is 2.69. The van der Waals surface area contributed by atoms with Crippen LogP contribution in [0.4, 0.5) is 23.7 Å². The van der Waals surface area contributed by atoms with Crippen LogP contribution in [0.25, 0.3) is 0 Å². The number of hydrogen-bond donors (Lipinski definition) is 1. The fourth-order valence-electron chi connectivity index (χ4n) is 3.08. The lowest BCUT2D eigenvalue weighted by molar-refractivity contribution is -0.0498. The Balaban J connectivity index is 1.39. The van der Waals surface area contributed by atoms with E-state index in [4.69, 9.17) is 0 Å². The number of anilines is 1. The van der Waals surface area contributed by atoms with Crippen molar-refractivity contribution in [3.05, 3.63) is 59.9 Å². The standard InChI is InChI=1S/C20H22F3N3O2/c21-16-3-5-17(6-4-16)25-11-13-26(14-12-25)20(27)24-10-9-15-1-7-18(8-2-15)28-19(22)23/h1-8,19H,9-14H2,(H,24,27). The highest BCUT2D eigenvalue weighted by molar-refractivity contribution is 5.74. The monoisotopic (exact) mass is 393 g/mol. The first-order chi connectivity index (χ1) is 13.5. The minimum absolute atomic E-state index is 0.113. The van der Waals surface area contributed by atoms with Gasteiger partial charge < -0.3 is 19.9 Å². The third-order valence-electron chi connectivity index (χ3n) is 4.60. The molecule has 3 rings (SSSR count). The van der Waals surface area contributed by atoms with Crippen molar-refractivity contribution in [3.63, 3.8) is 0 Å². The van der Waals surface area contributed by atoms with E-state index in [9.17, 15) is 18.0 Å². The summed E-state index contributed by atoms with van der Waals surface area (Å²) in [6.45, 7) is 0.154. The van der Waals surface area contributed by atoms with E-state index in [0.717, 1.165) is 11.3 Å². The summed E-state index contributed by atoms with van der Waals surface area (Å²) in [6.07, 6.45) is 0.593. The summed E-state index contributed by atoms with van der Waals surface area (Å²) < 4.78 is 41.6. The molecule has 0 unspecified atom stereocenters. The Labute approximate surface area is 161 Å². The largest absolute Gasteiger partial charge is 0.435 e. The molecule has 1 aliphatic rings. The highest BCUT2D eigenvalue weighted by atomic mass is 19.3. The molecule has 28 heavy (non-hydrogen) atoms. The maximum atomic E-state index is 13.0. The fraction of sp³-hybridized carbons (Fsp3) is 0.350. The van der Waals surface area contributed by atoms with Gasteiger partial charge in [0.1, 0.15) is 11.6 Å². The Morgan fingerprint density at radius 1 is 1.00 bits per heavy atom. The zero-order chi connectivity index (χ0) is 19.9. The third-order valence-corrected chi connectivity index (χ3v) is 4.60. The van der Waals surface area contributed by atoms with Crippen LogP contribution in [-0.4, -0.2) is 50.3 Å². The summed E-state index contributed by atoms with van der Waals surface area (Å²) in [4.78, 5) is 16.2. The van der Waals surface area contributed by atoms with Crippen molar-refractivity contribution in [3.8, 4) is 5.75 Å². The molecule has 0 saturated carbocycles. The molecule has 2 aromatic rings. The van der Waals surface area contributed by atoms with E-state index in [1.54, 1.807) is 29.2 Å². The number of nitrogens with one attached hydrogen (secondary N) is 1. The molecule has 150 valence electrons. The van der Waals surface area contributed by atoms with E-state index < -0.39 is 6.61 Å². The van der Waals surface area contributed by atoms with E-state index in [0.29, 0.717) is 39.1 Å². The van der Waals surface area contributed by atoms with Crippen LogP contribution in [0, 0.1) is 5.82 Å². The first-order valence-corrected chi connectivity index (χ1v) is 9.08. The van der Waals surface area contributed by atoms with Crippen molar-refractivity contribution < 1.29 is 22.7 Å². The van der Waals surface area contributed by atoms with E-state index in [1.165, 1.54) is 24.3 Å². The molecular formula is C20H22F3N3O2. The topological polar surface area (TPSA) is 44.8 Å². The van der Waals surface area contributed by atoms with Gasteiger partial charge >= 0.3 is 12.6 Å². The molecule has 0 aliphatic carbocycles. The average molecular weight is 393 g/mol. The minimum atomic E-state index is -2.84. The maximum Gasteiger partial charge on any atom is 0.387 e. The Morgan fingerprint density at radius 3 is 2.25 bits per heavy atom. The number of carbonyl (C=O) groups excluding carboxylic acids is 1. The quantitative estimate of drug-likeness (QED) is 0.817. The van der Waals surface area contributed by atoms with Gasteiger partial charge in [-0.05, 0) is 48.4 Å². The summed E-state index contributed by atoms with van der Waals surface area (Å²) >= 11 is 0. The predicted molar refractivity (Wildman–Crippen MR) is 100 cm³/mol. The highest BCUT2D eigenvalue weighted by Gasteiger charge is 2.21. The molecule has 1 N–H and O–H groups in total. The van der Waals surface area contributed by atoms with Gasteiger partial charge in [-0.1, -0.05) is 12.1 Å². The zero-order valence-corrected chi connectivity index (χ0v) is 15.3. The fourth-order valence-corrected chi connectivity index (χ4v) is 3.08. The van der Waals surface area contributed by atoms with Crippen LogP contribution in [0.5, 0.6) is 5.75 Å². The van der Waals surface area contributed by atoms with Crippen molar-refractivity contribution in [2.75, 3.05) is 37.6 Å². The molecule has 1 saturated heterocycles. The van der Waals surface area contributed by atoms with Crippen molar-refractivity contribution in [1.29, 1.82) is 0 Å². The molecule has 0 radical (unpaired) electrons. The molecule has 2 amide bonds. The summed E-state index contributed by atoms with van der Waals surface area (Å²) in [6, 6.07) is 12.6. The Kier molecular flexibility index (Phi) is 6.62. The number of benzene rings is 2. The number of piperazine rings is 1. The summed E-state index contributed by atoms with van der Waals surface area (Å²) in [5, 5.41) is 2.88. The van der Waals surface area contributed by atoms with Crippen molar-refractivity contribution in [1.82, 2.24) is 10.2 Å². The highest BCUT2D eigenvalue weighted by Crippen LogP contribution is 2.17. The number of hydrogen-bond acceptors (Lipinski definition) is 3. The Hall–Kier alpha value is -2.90. The number of urea groups is 1. The lowest BCUT2D eigenvalue weighted by Crippen LogP contribution is -2.52. The van der Waals surface area contributed by atoms with Gasteiger partial charge in [0, 0.05) is 38.4 Å². The van der Waals surface area contributed by atoms with Gasteiger partial charge in [-0.3, -0.25) is 0 Å². The van der Waals surface area contributed by atoms with E-state index in [2.05, 4.69) is 15.0 Å². The molecular weight excluding hydrogens is 371 g/mol. The molecule has 8 heteroatoms. The summed E-state index contributed by atoms with van der Waals surface area (Å²) in [5.74, 6) is -0.153. The molecule has 2 aromatic carbocycles. The zero-order valence-electron chi connectivity index (χ0n) is 15.3. The third kappa shape index (κ3) is 5.55. The van der Waals surface area contributed by atoms with Crippen molar-refractivity contribution in [2.24, 2.45) is 0 Å². The predicted octanol–water partition coefficient (Wildman–Crippen LogP) is 3.50. The maximum absolute atomic E-state index is 13.0. The number of rotatable bonds is 6. The molecule has 1 fully saturated rings. The summed E-state index contributed by atoms with van der Waals surface area (Å²) in [7, 11) is 0. The SMILES string of the molecule is O=C(NCCc1ccc(OC(F)F)cc1)N1CCN(c2ccc(F)cc2)CC1. The first kappa shape index (κ1) is 19.9. The lowest BCUT2D eigenvalue weighted by atomic mass is 10.1. The molecule has 0 bridgehead atoms. The van der Waals surface area contributed by atoms with Crippen molar-refractivity contribution >= 4 is 11.7 Å². The van der Waals surface area contributed by atoms with Gasteiger partial charge in [-0.25, -0.2) is 9.18 Å². The number of amides is 2. The molecule has 1 aliphatic heterocycles. The van der Waals surface area contributed by atoms with Crippen LogP contribution in [0.1, 0.15) is 5.56 Å². The summed E-state index contributed by atoms with van der Waals surface area (Å²) in [5.41, 5.74) is 1.86. The normalized spacial score (nSPS) is 14.3. The number of alkyl halides is 2. The van der Waals surface area contributed by atoms with E-state index >= 15 is 0 Å². The number of nitrogens with zero attached hydrogens (tertiary/aromatic N) is 2. The minimum Gasteiger partial charge on any atom is -0.435 e. The molecule has 0 aromatic heterocycles. The number of halogens is 3. The van der Waals surface area contributed by atoms with Gasteiger partial charge in [-0.15, -0.1) is 0 Å². The molecule has 0 atom stereocenters. The second-order valence-corrected chi connectivity index (χ2v) is 6.45. The van der Waals surface area contributed by atoms with Crippen LogP contribution >= 0.6 is 0 Å². The van der Waals surface area contributed by atoms with Crippen molar-refractivity contribution in [2.45, 2.75) is 13.0 Å². The van der Waals surface area contributed by atoms with Crippen LogP contribution in [0.15, 0.2) is 48.5 Å². The molecule has 0 spiro atoms. The van der Waals surface area contributed by atoms with Crippen LogP contribution in [0.2, 0.25) is 0 Å². The van der Waals surface area contributed by atoms with E-state index in [1.807, 2.05) is 0 Å². The van der Waals surface area contributed by atoms with Gasteiger partial charge in [0.15, 0.2) is 0 Å². The van der Waals surface area contributed by atoms with Crippen LogP contribution < -0.4 is 15.0 Å².